The van der Waals surface area contributed by atoms with Crippen molar-refractivity contribution >= 4 is 15.9 Å². The zero-order valence-corrected chi connectivity index (χ0v) is 14.3. The van der Waals surface area contributed by atoms with Gasteiger partial charge in [-0.05, 0) is 55.8 Å². The molecule has 20 heavy (non-hydrogen) atoms. The first-order chi connectivity index (χ1) is 9.60. The molecule has 1 N–H and O–H groups in total. The lowest BCUT2D eigenvalue weighted by molar-refractivity contribution is -0.0474. The van der Waals surface area contributed by atoms with Crippen LogP contribution in [0.4, 0.5) is 0 Å². The van der Waals surface area contributed by atoms with Gasteiger partial charge >= 0.3 is 0 Å². The minimum Gasteiger partial charge on any atom is -0.369 e. The first-order valence-electron chi connectivity index (χ1n) is 7.65. The van der Waals surface area contributed by atoms with Crippen LogP contribution < -0.4 is 5.32 Å². The Bertz CT molecular complexity index is 406. The molecular formula is C17H26BrNO. The van der Waals surface area contributed by atoms with Crippen molar-refractivity contribution in [1.82, 2.24) is 5.32 Å². The lowest BCUT2D eigenvalue weighted by Crippen LogP contribution is -2.30. The first kappa shape index (κ1) is 16.0. The summed E-state index contributed by atoms with van der Waals surface area (Å²) >= 11 is 3.49. The molecule has 1 aromatic rings. The third kappa shape index (κ3) is 4.31. The zero-order valence-electron chi connectivity index (χ0n) is 12.7. The zero-order chi connectivity index (χ0) is 14.5. The molecule has 0 aromatic heterocycles. The van der Waals surface area contributed by atoms with E-state index < -0.39 is 0 Å². The monoisotopic (exact) mass is 339 g/mol. The number of benzene rings is 1. The van der Waals surface area contributed by atoms with Crippen molar-refractivity contribution in [2.75, 3.05) is 13.6 Å². The highest BCUT2D eigenvalue weighted by molar-refractivity contribution is 9.10. The second kappa shape index (κ2) is 7.58. The predicted octanol–water partition coefficient (Wildman–Crippen LogP) is 4.55. The highest BCUT2D eigenvalue weighted by Gasteiger charge is 2.27. The minimum atomic E-state index is 0.152. The molecule has 1 fully saturated rings. The van der Waals surface area contributed by atoms with Gasteiger partial charge in [-0.15, -0.1) is 0 Å². The average molecular weight is 340 g/mol. The van der Waals surface area contributed by atoms with Gasteiger partial charge in [0, 0.05) is 11.0 Å². The molecule has 2 rings (SSSR count). The largest absolute Gasteiger partial charge is 0.369 e. The summed E-state index contributed by atoms with van der Waals surface area (Å²) in [4.78, 5) is 0. The third-order valence-electron chi connectivity index (χ3n) is 4.54. The van der Waals surface area contributed by atoms with Crippen LogP contribution in [0.5, 0.6) is 0 Å². The number of likely N-dealkylation sites (N-methyl/N-ethyl adjacent to an activating group) is 1. The van der Waals surface area contributed by atoms with Gasteiger partial charge in [0.25, 0.3) is 0 Å². The van der Waals surface area contributed by atoms with E-state index in [1.165, 1.54) is 24.8 Å². The van der Waals surface area contributed by atoms with E-state index >= 15 is 0 Å². The maximum Gasteiger partial charge on any atom is 0.0952 e. The summed E-state index contributed by atoms with van der Waals surface area (Å²) < 4.78 is 7.51. The standard InChI is InChI=1S/C17H26BrNO/c1-12-4-9-16(10-13(12)2)20-17(11-19-3)14-5-7-15(18)8-6-14/h5-8,12-13,16-17,19H,4,9-11H2,1-3H3. The average Bonchev–Trinajstić information content (AvgIpc) is 2.43. The molecule has 0 heterocycles. The van der Waals surface area contributed by atoms with E-state index in [0.29, 0.717) is 6.10 Å². The van der Waals surface area contributed by atoms with Crippen molar-refractivity contribution in [3.8, 4) is 0 Å². The SMILES string of the molecule is CNCC(OC1CCC(C)C(C)C1)c1ccc(Br)cc1. The first-order valence-corrected chi connectivity index (χ1v) is 8.45. The Balaban J connectivity index is 2.00. The van der Waals surface area contributed by atoms with Crippen molar-refractivity contribution in [2.45, 2.75) is 45.3 Å². The van der Waals surface area contributed by atoms with Gasteiger partial charge in [-0.2, -0.15) is 0 Å². The molecule has 1 aromatic carbocycles. The quantitative estimate of drug-likeness (QED) is 0.849. The van der Waals surface area contributed by atoms with Crippen molar-refractivity contribution in [1.29, 1.82) is 0 Å². The predicted molar refractivity (Wildman–Crippen MR) is 87.9 cm³/mol. The molecule has 4 atom stereocenters. The van der Waals surface area contributed by atoms with Crippen molar-refractivity contribution in [3.63, 3.8) is 0 Å². The molecular weight excluding hydrogens is 314 g/mol. The highest BCUT2D eigenvalue weighted by Crippen LogP contribution is 2.33. The lowest BCUT2D eigenvalue weighted by Gasteiger charge is -2.34. The second-order valence-corrected chi connectivity index (χ2v) is 7.04. The van der Waals surface area contributed by atoms with Crippen LogP contribution in [0.2, 0.25) is 0 Å². The molecule has 0 saturated heterocycles. The van der Waals surface area contributed by atoms with Crippen LogP contribution in [-0.2, 0) is 4.74 Å². The molecule has 4 unspecified atom stereocenters. The molecule has 0 amide bonds. The number of halogens is 1. The van der Waals surface area contributed by atoms with Crippen LogP contribution in [0, 0.1) is 11.8 Å². The summed E-state index contributed by atoms with van der Waals surface area (Å²) in [7, 11) is 1.99. The lowest BCUT2D eigenvalue weighted by atomic mass is 9.80. The fraction of sp³-hybridized carbons (Fsp3) is 0.647. The molecule has 1 saturated carbocycles. The van der Waals surface area contributed by atoms with E-state index in [2.05, 4.69) is 59.4 Å². The molecule has 2 nitrogen and oxygen atoms in total. The van der Waals surface area contributed by atoms with Crippen LogP contribution >= 0.6 is 15.9 Å². The summed E-state index contributed by atoms with van der Waals surface area (Å²) in [6, 6.07) is 8.49. The Morgan fingerprint density at radius 3 is 2.50 bits per heavy atom. The maximum atomic E-state index is 6.40. The van der Waals surface area contributed by atoms with Crippen LogP contribution in [0.1, 0.15) is 44.8 Å². The Morgan fingerprint density at radius 1 is 1.20 bits per heavy atom. The smallest absolute Gasteiger partial charge is 0.0952 e. The summed E-state index contributed by atoms with van der Waals surface area (Å²) in [6.45, 7) is 5.58. The van der Waals surface area contributed by atoms with Crippen molar-refractivity contribution in [3.05, 3.63) is 34.3 Å². The van der Waals surface area contributed by atoms with Gasteiger partial charge in [0.2, 0.25) is 0 Å². The van der Waals surface area contributed by atoms with Crippen LogP contribution in [-0.4, -0.2) is 19.7 Å². The number of hydrogen-bond donors (Lipinski definition) is 1. The van der Waals surface area contributed by atoms with Crippen LogP contribution in [0.3, 0.4) is 0 Å². The van der Waals surface area contributed by atoms with Gasteiger partial charge in [0.1, 0.15) is 0 Å². The Morgan fingerprint density at radius 2 is 1.90 bits per heavy atom. The van der Waals surface area contributed by atoms with E-state index in [0.717, 1.165) is 22.9 Å². The highest BCUT2D eigenvalue weighted by atomic mass is 79.9. The van der Waals surface area contributed by atoms with E-state index in [1.54, 1.807) is 0 Å². The molecule has 0 aliphatic heterocycles. The molecule has 1 aliphatic rings. The number of hydrogen-bond acceptors (Lipinski definition) is 2. The Labute approximate surface area is 131 Å². The number of rotatable bonds is 5. The summed E-state index contributed by atoms with van der Waals surface area (Å²) in [6.07, 6.45) is 4.24. The van der Waals surface area contributed by atoms with Gasteiger partial charge < -0.3 is 10.1 Å². The van der Waals surface area contributed by atoms with Gasteiger partial charge in [0.15, 0.2) is 0 Å². The molecule has 3 heteroatoms. The van der Waals surface area contributed by atoms with E-state index in [9.17, 15) is 0 Å². The van der Waals surface area contributed by atoms with Gasteiger partial charge in [-0.25, -0.2) is 0 Å². The Hall–Kier alpha value is -0.380. The summed E-state index contributed by atoms with van der Waals surface area (Å²) in [5.41, 5.74) is 1.26. The third-order valence-corrected chi connectivity index (χ3v) is 5.07. The molecule has 1 aliphatic carbocycles. The molecule has 0 radical (unpaired) electrons. The summed E-state index contributed by atoms with van der Waals surface area (Å²) in [5, 5.41) is 3.25. The fourth-order valence-electron chi connectivity index (χ4n) is 2.96. The van der Waals surface area contributed by atoms with Crippen molar-refractivity contribution in [2.24, 2.45) is 11.8 Å². The van der Waals surface area contributed by atoms with Gasteiger partial charge in [-0.1, -0.05) is 41.9 Å². The van der Waals surface area contributed by atoms with E-state index in [-0.39, 0.29) is 6.10 Å². The van der Waals surface area contributed by atoms with Gasteiger partial charge in [-0.3, -0.25) is 0 Å². The fourth-order valence-corrected chi connectivity index (χ4v) is 3.23. The topological polar surface area (TPSA) is 21.3 Å². The Kier molecular flexibility index (Phi) is 6.06. The molecule has 0 bridgehead atoms. The van der Waals surface area contributed by atoms with E-state index in [1.807, 2.05) is 7.05 Å². The normalized spacial score (nSPS) is 28.3. The van der Waals surface area contributed by atoms with Crippen LogP contribution in [0.15, 0.2) is 28.7 Å². The minimum absolute atomic E-state index is 0.152. The maximum absolute atomic E-state index is 6.40. The molecule has 112 valence electrons. The molecule has 0 spiro atoms. The summed E-state index contributed by atoms with van der Waals surface area (Å²) in [5.74, 6) is 1.61. The second-order valence-electron chi connectivity index (χ2n) is 6.12. The van der Waals surface area contributed by atoms with Gasteiger partial charge in [0.05, 0.1) is 12.2 Å². The number of nitrogens with one attached hydrogen (secondary N) is 1. The van der Waals surface area contributed by atoms with Crippen LogP contribution in [0.25, 0.3) is 0 Å². The number of ether oxygens (including phenoxy) is 1. The van der Waals surface area contributed by atoms with Crippen molar-refractivity contribution < 1.29 is 4.74 Å². The van der Waals surface area contributed by atoms with E-state index in [4.69, 9.17) is 4.74 Å².